The van der Waals surface area contributed by atoms with Gasteiger partial charge in [-0.05, 0) is 26.0 Å². The molecule has 0 unspecified atom stereocenters. The van der Waals surface area contributed by atoms with Crippen molar-refractivity contribution in [3.8, 4) is 0 Å². The average molecular weight is 300 g/mol. The molecular weight excluding hydrogens is 279 g/mol. The first-order chi connectivity index (χ1) is 9.37. The summed E-state index contributed by atoms with van der Waals surface area (Å²) < 4.78 is 23.8. The van der Waals surface area contributed by atoms with Crippen molar-refractivity contribution < 1.29 is 18.4 Å². The second-order valence-electron chi connectivity index (χ2n) is 4.54. The van der Waals surface area contributed by atoms with E-state index in [-0.39, 0.29) is 13.2 Å². The Kier molecular flexibility index (Phi) is 5.87. The summed E-state index contributed by atoms with van der Waals surface area (Å²) in [4.78, 5) is 4.04. The van der Waals surface area contributed by atoms with Crippen LogP contribution >= 0.6 is 7.60 Å². The highest BCUT2D eigenvalue weighted by Crippen LogP contribution is 2.59. The van der Waals surface area contributed by atoms with Crippen molar-refractivity contribution in [2.24, 2.45) is 0 Å². The molecule has 1 heterocycles. The SMILES string of the molecule is CCOP(=O)(OCC)C(C)(C)/[N+]([O-])=C/c1ccccn1. The van der Waals surface area contributed by atoms with Gasteiger partial charge in [-0.2, -0.15) is 4.74 Å². The van der Waals surface area contributed by atoms with Crippen molar-refractivity contribution in [3.05, 3.63) is 35.3 Å². The first kappa shape index (κ1) is 16.8. The molecule has 0 atom stereocenters. The first-order valence-electron chi connectivity index (χ1n) is 6.49. The summed E-state index contributed by atoms with van der Waals surface area (Å²) >= 11 is 0. The second-order valence-corrected chi connectivity index (χ2v) is 7.14. The number of hydrogen-bond donors (Lipinski definition) is 0. The maximum absolute atomic E-state index is 12.7. The minimum absolute atomic E-state index is 0.206. The van der Waals surface area contributed by atoms with Gasteiger partial charge in [-0.15, -0.1) is 0 Å². The molecule has 6 nitrogen and oxygen atoms in total. The van der Waals surface area contributed by atoms with E-state index in [1.807, 2.05) is 0 Å². The van der Waals surface area contributed by atoms with Crippen molar-refractivity contribution in [3.63, 3.8) is 0 Å². The summed E-state index contributed by atoms with van der Waals surface area (Å²) in [6.45, 7) is 6.89. The molecule has 7 heteroatoms. The normalized spacial score (nSPS) is 13.5. The number of aromatic nitrogens is 1. The topological polar surface area (TPSA) is 74.5 Å². The third kappa shape index (κ3) is 3.66. The van der Waals surface area contributed by atoms with E-state index < -0.39 is 12.9 Å². The Hall–Kier alpha value is -1.23. The summed E-state index contributed by atoms with van der Waals surface area (Å²) in [5.74, 6) is 0. The molecule has 112 valence electrons. The predicted octanol–water partition coefficient (Wildman–Crippen LogP) is 3.01. The van der Waals surface area contributed by atoms with Crippen LogP contribution in [0.2, 0.25) is 0 Å². The third-order valence-corrected chi connectivity index (χ3v) is 5.48. The second kappa shape index (κ2) is 6.97. The summed E-state index contributed by atoms with van der Waals surface area (Å²) in [5, 5.41) is 11.0. The Bertz CT molecular complexity index is 492. The highest BCUT2D eigenvalue weighted by molar-refractivity contribution is 7.55. The molecule has 0 saturated heterocycles. The summed E-state index contributed by atoms with van der Waals surface area (Å²) in [6.07, 6.45) is 2.86. The smallest absolute Gasteiger partial charge is 0.401 e. The Morgan fingerprint density at radius 3 is 2.40 bits per heavy atom. The van der Waals surface area contributed by atoms with Gasteiger partial charge in [0.15, 0.2) is 0 Å². The molecule has 1 aromatic rings. The third-order valence-electron chi connectivity index (χ3n) is 2.74. The molecule has 0 aromatic carbocycles. The highest BCUT2D eigenvalue weighted by atomic mass is 31.2. The van der Waals surface area contributed by atoms with Gasteiger partial charge in [0.2, 0.25) is 6.21 Å². The molecule has 0 fully saturated rings. The van der Waals surface area contributed by atoms with E-state index in [0.29, 0.717) is 10.4 Å². The van der Waals surface area contributed by atoms with Gasteiger partial charge in [0.25, 0.3) is 5.28 Å². The minimum atomic E-state index is -3.56. The lowest BCUT2D eigenvalue weighted by Crippen LogP contribution is -2.35. The van der Waals surface area contributed by atoms with Crippen LogP contribution in [0.1, 0.15) is 33.4 Å². The van der Waals surface area contributed by atoms with E-state index in [4.69, 9.17) is 9.05 Å². The molecule has 0 aliphatic rings. The van der Waals surface area contributed by atoms with Gasteiger partial charge in [0.1, 0.15) is 5.69 Å². The van der Waals surface area contributed by atoms with Crippen LogP contribution in [0.15, 0.2) is 24.4 Å². The molecule has 0 saturated carbocycles. The van der Waals surface area contributed by atoms with Gasteiger partial charge in [-0.1, -0.05) is 6.07 Å². The van der Waals surface area contributed by atoms with Crippen LogP contribution < -0.4 is 0 Å². The Balaban J connectivity index is 3.12. The lowest BCUT2D eigenvalue weighted by atomic mass is 10.3. The number of pyridine rings is 1. The van der Waals surface area contributed by atoms with Crippen LogP contribution in [0.5, 0.6) is 0 Å². The summed E-state index contributed by atoms with van der Waals surface area (Å²) in [7, 11) is -3.56. The molecule has 0 aliphatic carbocycles. The lowest BCUT2D eigenvalue weighted by Gasteiger charge is -2.30. The van der Waals surface area contributed by atoms with E-state index in [0.717, 1.165) is 0 Å². The molecular formula is C13H21N2O4P. The van der Waals surface area contributed by atoms with Gasteiger partial charge < -0.3 is 14.3 Å². The molecule has 0 radical (unpaired) electrons. The average Bonchev–Trinajstić information content (AvgIpc) is 2.40. The largest absolute Gasteiger partial charge is 0.623 e. The number of nitrogens with zero attached hydrogens (tertiary/aromatic N) is 2. The molecule has 0 spiro atoms. The summed E-state index contributed by atoms with van der Waals surface area (Å²) in [6, 6.07) is 5.21. The van der Waals surface area contributed by atoms with Gasteiger partial charge in [-0.25, -0.2) is 0 Å². The van der Waals surface area contributed by atoms with Crippen molar-refractivity contribution in [2.45, 2.75) is 33.0 Å². The molecule has 1 aromatic heterocycles. The number of rotatable bonds is 7. The van der Waals surface area contributed by atoms with Crippen LogP contribution in [0, 0.1) is 5.21 Å². The van der Waals surface area contributed by atoms with Gasteiger partial charge in [0, 0.05) is 20.0 Å². The Labute approximate surface area is 119 Å². The standard InChI is InChI=1S/C13H21N2O4P/c1-5-18-20(17,19-6-2)13(3,4)15(16)11-12-9-7-8-10-14-12/h7-11H,5-6H2,1-4H3/b15-11-. The van der Waals surface area contributed by atoms with Gasteiger partial charge in [0.05, 0.1) is 13.2 Å². The fraction of sp³-hybridized carbons (Fsp3) is 0.538. The lowest BCUT2D eigenvalue weighted by molar-refractivity contribution is -0.510. The fourth-order valence-electron chi connectivity index (χ4n) is 1.54. The number of hydrogen-bond acceptors (Lipinski definition) is 5. The molecule has 0 amide bonds. The van der Waals surface area contributed by atoms with Crippen LogP contribution in [0.3, 0.4) is 0 Å². The van der Waals surface area contributed by atoms with E-state index in [1.54, 1.807) is 38.2 Å². The molecule has 0 aliphatic heterocycles. The quantitative estimate of drug-likeness (QED) is 0.254. The van der Waals surface area contributed by atoms with E-state index in [2.05, 4.69) is 4.98 Å². The van der Waals surface area contributed by atoms with E-state index in [9.17, 15) is 9.77 Å². The molecule has 20 heavy (non-hydrogen) atoms. The number of hydroxylamine groups is 1. The fourth-order valence-corrected chi connectivity index (χ4v) is 3.23. The van der Waals surface area contributed by atoms with Crippen LogP contribution in [0.25, 0.3) is 0 Å². The zero-order chi connectivity index (χ0) is 15.2. The monoisotopic (exact) mass is 300 g/mol. The Morgan fingerprint density at radius 2 is 1.95 bits per heavy atom. The van der Waals surface area contributed by atoms with Crippen molar-refractivity contribution in [2.75, 3.05) is 13.2 Å². The van der Waals surface area contributed by atoms with E-state index in [1.165, 1.54) is 20.1 Å². The predicted molar refractivity (Wildman–Crippen MR) is 78.0 cm³/mol. The zero-order valence-electron chi connectivity index (χ0n) is 12.3. The zero-order valence-corrected chi connectivity index (χ0v) is 13.2. The molecule has 0 bridgehead atoms. The first-order valence-corrected chi connectivity index (χ1v) is 8.03. The van der Waals surface area contributed by atoms with Crippen LogP contribution in [0.4, 0.5) is 0 Å². The van der Waals surface area contributed by atoms with Gasteiger partial charge >= 0.3 is 7.60 Å². The van der Waals surface area contributed by atoms with Crippen LogP contribution in [-0.4, -0.2) is 34.4 Å². The van der Waals surface area contributed by atoms with Crippen molar-refractivity contribution in [1.82, 2.24) is 4.98 Å². The Morgan fingerprint density at radius 1 is 1.35 bits per heavy atom. The maximum Gasteiger partial charge on any atom is 0.401 e. The van der Waals surface area contributed by atoms with E-state index >= 15 is 0 Å². The van der Waals surface area contributed by atoms with Gasteiger partial charge in [-0.3, -0.25) is 9.55 Å². The molecule has 1 rings (SSSR count). The highest BCUT2D eigenvalue weighted by Gasteiger charge is 2.51. The minimum Gasteiger partial charge on any atom is -0.623 e. The maximum atomic E-state index is 12.7. The van der Waals surface area contributed by atoms with Crippen molar-refractivity contribution >= 4 is 13.8 Å². The van der Waals surface area contributed by atoms with Crippen molar-refractivity contribution in [1.29, 1.82) is 0 Å². The summed E-state index contributed by atoms with van der Waals surface area (Å²) in [5.41, 5.74) is 0.482. The van der Waals surface area contributed by atoms with Crippen LogP contribution in [-0.2, 0) is 13.6 Å². The molecule has 0 N–H and O–H groups in total.